The summed E-state index contributed by atoms with van der Waals surface area (Å²) >= 11 is 0. The number of hydrogen-bond acceptors (Lipinski definition) is 2. The van der Waals surface area contributed by atoms with E-state index in [1.165, 1.54) is 17.8 Å². The Balaban J connectivity index is 2.12. The van der Waals surface area contributed by atoms with Gasteiger partial charge in [0, 0.05) is 11.8 Å². The average Bonchev–Trinajstić information content (AvgIpc) is 2.37. The maximum atomic E-state index is 13.0. The van der Waals surface area contributed by atoms with Crippen LogP contribution in [-0.4, -0.2) is 4.98 Å². The predicted molar refractivity (Wildman–Crippen MR) is 73.8 cm³/mol. The lowest BCUT2D eigenvalue weighted by molar-refractivity contribution is 0.302. The zero-order valence-electron chi connectivity index (χ0n) is 11.5. The van der Waals surface area contributed by atoms with Gasteiger partial charge in [-0.1, -0.05) is 26.0 Å². The highest BCUT2D eigenvalue weighted by atomic mass is 19.1. The van der Waals surface area contributed by atoms with Crippen molar-refractivity contribution in [2.24, 2.45) is 0 Å². The molecule has 2 rings (SSSR count). The molecule has 0 N–H and O–H groups in total. The smallest absolute Gasteiger partial charge is 0.141 e. The Morgan fingerprint density at radius 1 is 1.21 bits per heavy atom. The molecule has 0 aliphatic carbocycles. The van der Waals surface area contributed by atoms with Crippen LogP contribution in [-0.2, 0) is 6.61 Å². The molecule has 1 heterocycles. The lowest BCUT2D eigenvalue weighted by Crippen LogP contribution is -1.99. The fourth-order valence-corrected chi connectivity index (χ4v) is 1.83. The topological polar surface area (TPSA) is 22.1 Å². The van der Waals surface area contributed by atoms with Gasteiger partial charge < -0.3 is 4.74 Å². The molecule has 2 nitrogen and oxygen atoms in total. The summed E-state index contributed by atoms with van der Waals surface area (Å²) in [5.74, 6) is 0.961. The van der Waals surface area contributed by atoms with Crippen molar-refractivity contribution in [2.75, 3.05) is 0 Å². The molecule has 1 aromatic carbocycles. The van der Waals surface area contributed by atoms with Crippen molar-refractivity contribution in [1.82, 2.24) is 4.98 Å². The second kappa shape index (κ2) is 5.83. The summed E-state index contributed by atoms with van der Waals surface area (Å²) in [6, 6.07) is 7.65. The van der Waals surface area contributed by atoms with Gasteiger partial charge in [0.1, 0.15) is 18.2 Å². The molecule has 0 atom stereocenters. The highest BCUT2D eigenvalue weighted by Gasteiger charge is 2.05. The van der Waals surface area contributed by atoms with E-state index in [9.17, 15) is 4.39 Å². The standard InChI is InChI=1S/C16H18FNO/c1-11(2)14-5-4-12(3)16(7-14)19-10-13-6-15(17)9-18-8-13/h4-9,11H,10H2,1-3H3. The number of rotatable bonds is 4. The lowest BCUT2D eigenvalue weighted by atomic mass is 10.0. The molecule has 0 bridgehead atoms. The van der Waals surface area contributed by atoms with Crippen LogP contribution in [0.1, 0.15) is 36.5 Å². The fourth-order valence-electron chi connectivity index (χ4n) is 1.83. The summed E-state index contributed by atoms with van der Waals surface area (Å²) in [6.07, 6.45) is 2.80. The van der Waals surface area contributed by atoms with Gasteiger partial charge in [-0.05, 0) is 36.1 Å². The molecule has 0 aliphatic rings. The molecule has 2 aromatic rings. The van der Waals surface area contributed by atoms with E-state index < -0.39 is 0 Å². The van der Waals surface area contributed by atoms with Crippen molar-refractivity contribution in [3.8, 4) is 5.75 Å². The molecule has 0 aliphatic heterocycles. The maximum Gasteiger partial charge on any atom is 0.141 e. The molecule has 19 heavy (non-hydrogen) atoms. The van der Waals surface area contributed by atoms with E-state index in [-0.39, 0.29) is 5.82 Å². The molecule has 0 amide bonds. The summed E-state index contributed by atoms with van der Waals surface area (Å²) in [5, 5.41) is 0. The summed E-state index contributed by atoms with van der Waals surface area (Å²) in [5.41, 5.74) is 3.04. The Morgan fingerprint density at radius 3 is 2.68 bits per heavy atom. The van der Waals surface area contributed by atoms with Gasteiger partial charge >= 0.3 is 0 Å². The van der Waals surface area contributed by atoms with Gasteiger partial charge in [-0.2, -0.15) is 0 Å². The van der Waals surface area contributed by atoms with Crippen LogP contribution in [0.2, 0.25) is 0 Å². The highest BCUT2D eigenvalue weighted by molar-refractivity contribution is 5.37. The molecule has 0 saturated carbocycles. The van der Waals surface area contributed by atoms with Crippen molar-refractivity contribution in [1.29, 1.82) is 0 Å². The number of aryl methyl sites for hydroxylation is 1. The molecular weight excluding hydrogens is 241 g/mol. The van der Waals surface area contributed by atoms with E-state index >= 15 is 0 Å². The first-order chi connectivity index (χ1) is 9.06. The normalized spacial score (nSPS) is 10.8. The van der Waals surface area contributed by atoms with Crippen LogP contribution in [0, 0.1) is 12.7 Å². The zero-order valence-corrected chi connectivity index (χ0v) is 11.5. The van der Waals surface area contributed by atoms with Crippen molar-refractivity contribution in [3.05, 3.63) is 59.2 Å². The first-order valence-corrected chi connectivity index (χ1v) is 6.39. The first kappa shape index (κ1) is 13.5. The zero-order chi connectivity index (χ0) is 13.8. The number of ether oxygens (including phenoxy) is 1. The molecule has 0 unspecified atom stereocenters. The monoisotopic (exact) mass is 259 g/mol. The summed E-state index contributed by atoms with van der Waals surface area (Å²) < 4.78 is 18.8. The minimum atomic E-state index is -0.339. The molecule has 0 saturated heterocycles. The predicted octanol–water partition coefficient (Wildman–Crippen LogP) is 4.23. The number of benzene rings is 1. The minimum Gasteiger partial charge on any atom is -0.489 e. The van der Waals surface area contributed by atoms with Gasteiger partial charge in [-0.3, -0.25) is 4.98 Å². The third-order valence-electron chi connectivity index (χ3n) is 3.03. The van der Waals surface area contributed by atoms with Crippen LogP contribution in [0.3, 0.4) is 0 Å². The molecule has 100 valence electrons. The summed E-state index contributed by atoms with van der Waals surface area (Å²) in [7, 11) is 0. The fraction of sp³-hybridized carbons (Fsp3) is 0.312. The molecule has 0 spiro atoms. The number of pyridine rings is 1. The van der Waals surface area contributed by atoms with Crippen molar-refractivity contribution in [2.45, 2.75) is 33.3 Å². The second-order valence-corrected chi connectivity index (χ2v) is 4.98. The van der Waals surface area contributed by atoms with Crippen molar-refractivity contribution in [3.63, 3.8) is 0 Å². The number of nitrogens with zero attached hydrogens (tertiary/aromatic N) is 1. The van der Waals surface area contributed by atoms with E-state index in [1.807, 2.05) is 13.0 Å². The first-order valence-electron chi connectivity index (χ1n) is 6.39. The molecular formula is C16H18FNO. The van der Waals surface area contributed by atoms with Crippen LogP contribution in [0.4, 0.5) is 4.39 Å². The van der Waals surface area contributed by atoms with Gasteiger partial charge in [0.25, 0.3) is 0 Å². The van der Waals surface area contributed by atoms with E-state index in [0.717, 1.165) is 16.9 Å². The van der Waals surface area contributed by atoms with Gasteiger partial charge in [0.05, 0.1) is 6.20 Å². The Hall–Kier alpha value is -1.90. The van der Waals surface area contributed by atoms with Crippen LogP contribution in [0.15, 0.2) is 36.7 Å². The van der Waals surface area contributed by atoms with Crippen LogP contribution in [0.25, 0.3) is 0 Å². The van der Waals surface area contributed by atoms with Gasteiger partial charge in [0.15, 0.2) is 0 Å². The number of halogens is 1. The van der Waals surface area contributed by atoms with Gasteiger partial charge in [-0.15, -0.1) is 0 Å². The summed E-state index contributed by atoms with van der Waals surface area (Å²) in [6.45, 7) is 6.62. The van der Waals surface area contributed by atoms with Gasteiger partial charge in [0.2, 0.25) is 0 Å². The average molecular weight is 259 g/mol. The SMILES string of the molecule is Cc1ccc(C(C)C)cc1OCc1cncc(F)c1. The van der Waals surface area contributed by atoms with Crippen molar-refractivity contribution >= 4 is 0 Å². The minimum absolute atomic E-state index is 0.327. The summed E-state index contributed by atoms with van der Waals surface area (Å²) in [4.78, 5) is 3.81. The van der Waals surface area contributed by atoms with Crippen LogP contribution < -0.4 is 4.74 Å². The third kappa shape index (κ3) is 3.53. The molecule has 3 heteroatoms. The second-order valence-electron chi connectivity index (χ2n) is 4.98. The van der Waals surface area contributed by atoms with Gasteiger partial charge in [-0.25, -0.2) is 4.39 Å². The number of aromatic nitrogens is 1. The van der Waals surface area contributed by atoms with Crippen LogP contribution in [0.5, 0.6) is 5.75 Å². The third-order valence-corrected chi connectivity index (χ3v) is 3.03. The van der Waals surface area contributed by atoms with E-state index in [0.29, 0.717) is 12.5 Å². The van der Waals surface area contributed by atoms with E-state index in [1.54, 1.807) is 6.20 Å². The Morgan fingerprint density at radius 2 is 2.00 bits per heavy atom. The quantitative estimate of drug-likeness (QED) is 0.819. The Kier molecular flexibility index (Phi) is 4.15. The lowest BCUT2D eigenvalue weighted by Gasteiger charge is -2.12. The van der Waals surface area contributed by atoms with Crippen LogP contribution >= 0.6 is 0 Å². The van der Waals surface area contributed by atoms with Crippen molar-refractivity contribution < 1.29 is 9.13 Å². The van der Waals surface area contributed by atoms with E-state index in [2.05, 4.69) is 31.0 Å². The number of hydrogen-bond donors (Lipinski definition) is 0. The maximum absolute atomic E-state index is 13.0. The highest BCUT2D eigenvalue weighted by Crippen LogP contribution is 2.25. The Bertz CT molecular complexity index is 566. The Labute approximate surface area is 113 Å². The molecule has 0 radical (unpaired) electrons. The molecule has 1 aromatic heterocycles. The molecule has 0 fully saturated rings. The largest absolute Gasteiger partial charge is 0.489 e. The van der Waals surface area contributed by atoms with E-state index in [4.69, 9.17) is 4.74 Å².